The van der Waals surface area contributed by atoms with Gasteiger partial charge in [-0.1, -0.05) is 18.2 Å². The van der Waals surface area contributed by atoms with Gasteiger partial charge in [-0.15, -0.1) is 0 Å². The Hall–Kier alpha value is -2.98. The highest BCUT2D eigenvalue weighted by Gasteiger charge is 2.28. The lowest BCUT2D eigenvalue weighted by molar-refractivity contribution is -0.384. The van der Waals surface area contributed by atoms with Gasteiger partial charge >= 0.3 is 5.69 Å². The minimum Gasteiger partial charge on any atom is -0.396 e. The second kappa shape index (κ2) is 8.04. The Morgan fingerprint density at radius 3 is 2.50 bits per heavy atom. The van der Waals surface area contributed by atoms with E-state index in [0.29, 0.717) is 5.39 Å². The van der Waals surface area contributed by atoms with Crippen LogP contribution in [-0.4, -0.2) is 40.1 Å². The van der Waals surface area contributed by atoms with Crippen LogP contribution in [0.4, 0.5) is 11.4 Å². The summed E-state index contributed by atoms with van der Waals surface area (Å²) in [5, 5.41) is 24.6. The van der Waals surface area contributed by atoms with Crippen LogP contribution in [-0.2, 0) is 10.0 Å². The Kier molecular flexibility index (Phi) is 5.44. The molecular weight excluding hydrogens is 408 g/mol. The molecule has 2 aromatic heterocycles. The molecule has 158 valence electrons. The highest BCUT2D eigenvalue weighted by atomic mass is 32.2. The van der Waals surface area contributed by atoms with Gasteiger partial charge in [0.2, 0.25) is 0 Å². The molecule has 0 saturated heterocycles. The summed E-state index contributed by atoms with van der Waals surface area (Å²) in [4.78, 5) is 15.3. The Bertz CT molecular complexity index is 1170. The quantitative estimate of drug-likeness (QED) is 0.454. The van der Waals surface area contributed by atoms with Crippen LogP contribution in [0.1, 0.15) is 25.7 Å². The number of hydrogen-bond acceptors (Lipinski definition) is 7. The van der Waals surface area contributed by atoms with E-state index in [9.17, 15) is 23.6 Å². The van der Waals surface area contributed by atoms with Gasteiger partial charge in [0.15, 0.2) is 5.65 Å². The maximum atomic E-state index is 13.0. The molecule has 2 N–H and O–H groups in total. The molecule has 30 heavy (non-hydrogen) atoms. The first-order valence-electron chi connectivity index (χ1n) is 9.74. The largest absolute Gasteiger partial charge is 0.396 e. The molecular formula is C20H22N4O5S. The van der Waals surface area contributed by atoms with E-state index in [4.69, 9.17) is 0 Å². The maximum absolute atomic E-state index is 13.0. The molecule has 0 radical (unpaired) electrons. The second-order valence-corrected chi connectivity index (χ2v) is 9.30. The Balaban J connectivity index is 1.76. The molecule has 10 heteroatoms. The first-order chi connectivity index (χ1) is 14.4. The van der Waals surface area contributed by atoms with E-state index in [1.807, 2.05) is 0 Å². The summed E-state index contributed by atoms with van der Waals surface area (Å²) < 4.78 is 27.1. The number of fused-ring (bicyclic) bond motifs is 1. The smallest absolute Gasteiger partial charge is 0.311 e. The number of nitro groups is 1. The second-order valence-electron chi connectivity index (χ2n) is 7.49. The first kappa shape index (κ1) is 20.3. The summed E-state index contributed by atoms with van der Waals surface area (Å²) >= 11 is 0. The van der Waals surface area contributed by atoms with Crippen molar-refractivity contribution in [1.29, 1.82) is 0 Å². The van der Waals surface area contributed by atoms with Crippen molar-refractivity contribution >= 4 is 32.4 Å². The third-order valence-electron chi connectivity index (χ3n) is 5.61. The van der Waals surface area contributed by atoms with Crippen LogP contribution in [0.5, 0.6) is 0 Å². The molecule has 1 fully saturated rings. The lowest BCUT2D eigenvalue weighted by atomic mass is 9.86. The number of aliphatic hydroxyl groups is 1. The fourth-order valence-corrected chi connectivity index (χ4v) is 5.26. The van der Waals surface area contributed by atoms with E-state index in [2.05, 4.69) is 10.3 Å². The van der Waals surface area contributed by atoms with Gasteiger partial charge in [-0.05, 0) is 49.8 Å². The predicted octanol–water partition coefficient (Wildman–Crippen LogP) is 3.14. The van der Waals surface area contributed by atoms with E-state index in [1.54, 1.807) is 18.2 Å². The average molecular weight is 430 g/mol. The van der Waals surface area contributed by atoms with Crippen molar-refractivity contribution in [3.63, 3.8) is 0 Å². The third kappa shape index (κ3) is 3.63. The minimum absolute atomic E-state index is 0.00572. The average Bonchev–Trinajstić information content (AvgIpc) is 3.20. The van der Waals surface area contributed by atoms with Crippen LogP contribution in [0.2, 0.25) is 0 Å². The molecule has 1 saturated carbocycles. The zero-order chi connectivity index (χ0) is 21.3. The fraction of sp³-hybridized carbons (Fsp3) is 0.350. The molecule has 0 unspecified atom stereocenters. The molecule has 9 nitrogen and oxygen atoms in total. The monoisotopic (exact) mass is 430 g/mol. The number of pyridine rings is 1. The zero-order valence-corrected chi connectivity index (χ0v) is 17.0. The molecule has 1 aliphatic carbocycles. The van der Waals surface area contributed by atoms with Crippen LogP contribution in [0, 0.1) is 16.0 Å². The standard InChI is InChI=1S/C20H22N4O5S/c25-13-14-6-8-15(9-7-14)22-19-17-10-11-23(20(17)21-12-18(19)24(26)27)30(28,29)16-4-2-1-3-5-16/h1-5,10-12,14-15,25H,6-9,13H2,(H,21,22). The number of nitrogens with one attached hydrogen (secondary N) is 1. The summed E-state index contributed by atoms with van der Waals surface area (Å²) in [5.74, 6) is 0.257. The molecule has 4 rings (SSSR count). The molecule has 0 bridgehead atoms. The van der Waals surface area contributed by atoms with Gasteiger partial charge in [-0.3, -0.25) is 10.1 Å². The van der Waals surface area contributed by atoms with E-state index in [-0.39, 0.29) is 40.5 Å². The fourth-order valence-electron chi connectivity index (χ4n) is 3.94. The normalized spacial score (nSPS) is 19.6. The van der Waals surface area contributed by atoms with Gasteiger partial charge < -0.3 is 10.4 Å². The molecule has 0 atom stereocenters. The maximum Gasteiger partial charge on any atom is 0.311 e. The van der Waals surface area contributed by atoms with Crippen LogP contribution >= 0.6 is 0 Å². The van der Waals surface area contributed by atoms with Crippen molar-refractivity contribution in [2.45, 2.75) is 36.6 Å². The van der Waals surface area contributed by atoms with Crippen LogP contribution in [0.25, 0.3) is 11.0 Å². The van der Waals surface area contributed by atoms with Gasteiger partial charge in [0.1, 0.15) is 11.9 Å². The zero-order valence-electron chi connectivity index (χ0n) is 16.1. The predicted molar refractivity (Wildman–Crippen MR) is 112 cm³/mol. The number of hydrogen-bond donors (Lipinski definition) is 2. The molecule has 0 aliphatic heterocycles. The minimum atomic E-state index is -3.89. The van der Waals surface area contributed by atoms with Crippen molar-refractivity contribution in [3.8, 4) is 0 Å². The number of anilines is 1. The Morgan fingerprint density at radius 2 is 1.87 bits per heavy atom. The van der Waals surface area contributed by atoms with Gasteiger partial charge in [0.25, 0.3) is 10.0 Å². The van der Waals surface area contributed by atoms with Crippen molar-refractivity contribution in [3.05, 3.63) is 58.9 Å². The number of benzene rings is 1. The molecule has 2 heterocycles. The summed E-state index contributed by atoms with van der Waals surface area (Å²) in [6.45, 7) is 0.145. The Labute approximate surface area is 173 Å². The topological polar surface area (TPSA) is 127 Å². The van der Waals surface area contributed by atoms with Gasteiger partial charge in [-0.2, -0.15) is 0 Å². The lowest BCUT2D eigenvalue weighted by Gasteiger charge is -2.28. The summed E-state index contributed by atoms with van der Waals surface area (Å²) in [6, 6.07) is 9.51. The summed E-state index contributed by atoms with van der Waals surface area (Å²) in [7, 11) is -3.89. The number of nitrogens with zero attached hydrogens (tertiary/aromatic N) is 3. The van der Waals surface area contributed by atoms with Crippen molar-refractivity contribution < 1.29 is 18.4 Å². The van der Waals surface area contributed by atoms with E-state index in [1.165, 1.54) is 24.4 Å². The molecule has 1 aliphatic rings. The summed E-state index contributed by atoms with van der Waals surface area (Å²) in [6.07, 6.45) is 5.68. The highest BCUT2D eigenvalue weighted by Crippen LogP contribution is 2.36. The molecule has 3 aromatic rings. The molecule has 1 aromatic carbocycles. The van der Waals surface area contributed by atoms with Crippen molar-refractivity contribution in [2.75, 3.05) is 11.9 Å². The van der Waals surface area contributed by atoms with E-state index in [0.717, 1.165) is 35.9 Å². The van der Waals surface area contributed by atoms with E-state index < -0.39 is 14.9 Å². The lowest BCUT2D eigenvalue weighted by Crippen LogP contribution is -2.27. The molecule has 0 spiro atoms. The van der Waals surface area contributed by atoms with Crippen LogP contribution in [0.15, 0.2) is 53.7 Å². The van der Waals surface area contributed by atoms with Crippen LogP contribution in [0.3, 0.4) is 0 Å². The van der Waals surface area contributed by atoms with Gasteiger partial charge in [0, 0.05) is 18.8 Å². The third-order valence-corrected chi connectivity index (χ3v) is 7.29. The van der Waals surface area contributed by atoms with E-state index >= 15 is 0 Å². The Morgan fingerprint density at radius 1 is 1.17 bits per heavy atom. The number of aliphatic hydroxyl groups excluding tert-OH is 1. The number of rotatable bonds is 6. The SMILES string of the molecule is O=[N+]([O-])c1cnc2c(ccn2S(=O)(=O)c2ccccc2)c1NC1CCC(CO)CC1. The van der Waals surface area contributed by atoms with Gasteiger partial charge in [0.05, 0.1) is 15.2 Å². The summed E-state index contributed by atoms with van der Waals surface area (Å²) in [5.41, 5.74) is 0.220. The highest BCUT2D eigenvalue weighted by molar-refractivity contribution is 7.90. The van der Waals surface area contributed by atoms with Crippen LogP contribution < -0.4 is 5.32 Å². The first-order valence-corrected chi connectivity index (χ1v) is 11.2. The van der Waals surface area contributed by atoms with Crippen molar-refractivity contribution in [2.24, 2.45) is 5.92 Å². The van der Waals surface area contributed by atoms with Gasteiger partial charge in [-0.25, -0.2) is 17.4 Å². The number of aromatic nitrogens is 2. The van der Waals surface area contributed by atoms with Crippen molar-refractivity contribution in [1.82, 2.24) is 8.96 Å². The molecule has 0 amide bonds.